The van der Waals surface area contributed by atoms with Crippen LogP contribution >= 0.6 is 0 Å². The fourth-order valence-corrected chi connectivity index (χ4v) is 1.47. The first kappa shape index (κ1) is 15.4. The second kappa shape index (κ2) is 10.9. The largest absolute Gasteiger partial charge is 0.481 e. The number of unbranched alkanes of at least 4 members (excludes halogenated alkanes) is 1. The van der Waals surface area contributed by atoms with E-state index in [1.165, 1.54) is 0 Å². The van der Waals surface area contributed by atoms with Crippen molar-refractivity contribution in [3.63, 3.8) is 0 Å². The number of hydrogen-bond donors (Lipinski definition) is 2. The van der Waals surface area contributed by atoms with Crippen LogP contribution in [0.1, 0.15) is 39.5 Å². The number of aliphatic carboxylic acids is 1. The number of ether oxygens (including phenoxy) is 1. The number of carboxylic acid groups (broad SMARTS) is 1. The molecular formula is C12H25NO3. The van der Waals surface area contributed by atoms with E-state index >= 15 is 0 Å². The van der Waals surface area contributed by atoms with Gasteiger partial charge in [-0.15, -0.1) is 0 Å². The van der Waals surface area contributed by atoms with Crippen molar-refractivity contribution in [1.29, 1.82) is 0 Å². The molecule has 0 aromatic rings. The van der Waals surface area contributed by atoms with Gasteiger partial charge in [0, 0.05) is 13.1 Å². The van der Waals surface area contributed by atoms with Crippen molar-refractivity contribution in [2.24, 2.45) is 5.92 Å². The molecule has 0 aromatic heterocycles. The lowest BCUT2D eigenvalue weighted by atomic mass is 10.00. The number of hydrogen-bond acceptors (Lipinski definition) is 3. The lowest BCUT2D eigenvalue weighted by Gasteiger charge is -2.10. The molecule has 1 fully saturated rings. The van der Waals surface area contributed by atoms with Crippen LogP contribution in [0.2, 0.25) is 0 Å². The molecule has 1 aliphatic heterocycles. The molecule has 0 radical (unpaired) electrons. The van der Waals surface area contributed by atoms with Gasteiger partial charge < -0.3 is 15.2 Å². The Kier molecular flexibility index (Phi) is 10.5. The fourth-order valence-electron chi connectivity index (χ4n) is 1.47. The second-order valence-corrected chi connectivity index (χ2v) is 3.95. The van der Waals surface area contributed by atoms with E-state index in [1.807, 2.05) is 6.92 Å². The molecule has 0 spiro atoms. The third kappa shape index (κ3) is 8.68. The predicted octanol–water partition coefficient (Wildman–Crippen LogP) is 1.89. The monoisotopic (exact) mass is 231 g/mol. The molecule has 0 saturated carbocycles. The average Bonchev–Trinajstić information content (AvgIpc) is 2.33. The fraction of sp³-hybridized carbons (Fsp3) is 0.917. The van der Waals surface area contributed by atoms with Gasteiger partial charge in [-0.25, -0.2) is 0 Å². The van der Waals surface area contributed by atoms with Gasteiger partial charge in [-0.2, -0.15) is 0 Å². The van der Waals surface area contributed by atoms with Crippen molar-refractivity contribution in [3.05, 3.63) is 0 Å². The maximum atomic E-state index is 10.4. The maximum absolute atomic E-state index is 10.4. The Bertz CT molecular complexity index is 158. The number of morpholine rings is 1. The van der Waals surface area contributed by atoms with Crippen molar-refractivity contribution >= 4 is 5.97 Å². The van der Waals surface area contributed by atoms with E-state index in [1.54, 1.807) is 0 Å². The summed E-state index contributed by atoms with van der Waals surface area (Å²) >= 11 is 0. The minimum atomic E-state index is -0.643. The molecule has 16 heavy (non-hydrogen) atoms. The molecule has 1 heterocycles. The standard InChI is InChI=1S/C8H16O2.C4H9NO/c1-3-5-6-7(4-2)8(9)10;1-3-6-4-2-5-1/h7H,3-6H2,1-2H3,(H,9,10);5H,1-4H2. The molecule has 96 valence electrons. The predicted molar refractivity (Wildman–Crippen MR) is 64.6 cm³/mol. The summed E-state index contributed by atoms with van der Waals surface area (Å²) in [5.41, 5.74) is 0. The highest BCUT2D eigenvalue weighted by molar-refractivity contribution is 5.69. The molecule has 1 aliphatic rings. The van der Waals surface area contributed by atoms with E-state index in [2.05, 4.69) is 12.2 Å². The summed E-state index contributed by atoms with van der Waals surface area (Å²) in [6.07, 6.45) is 3.71. The van der Waals surface area contributed by atoms with Crippen molar-refractivity contribution in [2.45, 2.75) is 39.5 Å². The second-order valence-electron chi connectivity index (χ2n) is 3.95. The highest BCUT2D eigenvalue weighted by atomic mass is 16.5. The Morgan fingerprint density at radius 3 is 2.25 bits per heavy atom. The van der Waals surface area contributed by atoms with Gasteiger partial charge in [-0.1, -0.05) is 26.7 Å². The molecule has 2 N–H and O–H groups in total. The summed E-state index contributed by atoms with van der Waals surface area (Å²) < 4.78 is 5.01. The summed E-state index contributed by atoms with van der Waals surface area (Å²) in [6.45, 7) is 7.84. The Morgan fingerprint density at radius 2 is 2.00 bits per heavy atom. The van der Waals surface area contributed by atoms with Gasteiger partial charge in [0.15, 0.2) is 0 Å². The molecule has 0 amide bonds. The molecule has 4 heteroatoms. The summed E-state index contributed by atoms with van der Waals surface area (Å²) in [5, 5.41) is 11.8. The first-order chi connectivity index (χ1) is 7.72. The topological polar surface area (TPSA) is 58.6 Å². The van der Waals surface area contributed by atoms with Gasteiger partial charge in [0.25, 0.3) is 0 Å². The molecule has 4 nitrogen and oxygen atoms in total. The maximum Gasteiger partial charge on any atom is 0.306 e. The van der Waals surface area contributed by atoms with Gasteiger partial charge in [-0.3, -0.25) is 4.79 Å². The van der Waals surface area contributed by atoms with Gasteiger partial charge in [0.1, 0.15) is 0 Å². The first-order valence-electron chi connectivity index (χ1n) is 6.23. The highest BCUT2D eigenvalue weighted by Crippen LogP contribution is 2.11. The van der Waals surface area contributed by atoms with Crippen LogP contribution in [0.25, 0.3) is 0 Å². The van der Waals surface area contributed by atoms with E-state index in [0.29, 0.717) is 0 Å². The third-order valence-corrected chi connectivity index (χ3v) is 2.59. The average molecular weight is 231 g/mol. The lowest BCUT2D eigenvalue weighted by Crippen LogP contribution is -2.30. The molecule has 0 aliphatic carbocycles. The van der Waals surface area contributed by atoms with Gasteiger partial charge in [0.05, 0.1) is 19.1 Å². The third-order valence-electron chi connectivity index (χ3n) is 2.59. The van der Waals surface area contributed by atoms with Gasteiger partial charge in [-0.05, 0) is 12.8 Å². The molecular weight excluding hydrogens is 206 g/mol. The molecule has 1 rings (SSSR count). The Labute approximate surface area is 98.4 Å². The lowest BCUT2D eigenvalue weighted by molar-refractivity contribution is -0.142. The van der Waals surface area contributed by atoms with E-state index in [4.69, 9.17) is 9.84 Å². The van der Waals surface area contributed by atoms with Crippen LogP contribution < -0.4 is 5.32 Å². The minimum Gasteiger partial charge on any atom is -0.481 e. The van der Waals surface area contributed by atoms with Crippen LogP contribution in [0.15, 0.2) is 0 Å². The van der Waals surface area contributed by atoms with Crippen molar-refractivity contribution in [1.82, 2.24) is 5.32 Å². The van der Waals surface area contributed by atoms with Crippen molar-refractivity contribution in [3.8, 4) is 0 Å². The van der Waals surface area contributed by atoms with Crippen molar-refractivity contribution < 1.29 is 14.6 Å². The summed E-state index contributed by atoms with van der Waals surface area (Å²) in [6, 6.07) is 0. The Morgan fingerprint density at radius 1 is 1.38 bits per heavy atom. The molecule has 1 saturated heterocycles. The SMILES string of the molecule is C1COCCN1.CCCCC(CC)C(=O)O. The number of rotatable bonds is 5. The Balaban J connectivity index is 0.000000315. The zero-order valence-electron chi connectivity index (χ0n) is 10.5. The molecule has 1 atom stereocenters. The highest BCUT2D eigenvalue weighted by Gasteiger charge is 2.12. The normalized spacial score (nSPS) is 17.1. The first-order valence-corrected chi connectivity index (χ1v) is 6.23. The molecule has 0 aromatic carbocycles. The summed E-state index contributed by atoms with van der Waals surface area (Å²) in [4.78, 5) is 10.4. The van der Waals surface area contributed by atoms with Crippen LogP contribution in [-0.2, 0) is 9.53 Å². The van der Waals surface area contributed by atoms with Gasteiger partial charge in [0.2, 0.25) is 0 Å². The quantitative estimate of drug-likeness (QED) is 0.758. The summed E-state index contributed by atoms with van der Waals surface area (Å²) in [7, 11) is 0. The zero-order valence-corrected chi connectivity index (χ0v) is 10.5. The zero-order chi connectivity index (χ0) is 12.2. The van der Waals surface area contributed by atoms with Crippen LogP contribution in [-0.4, -0.2) is 37.4 Å². The van der Waals surface area contributed by atoms with E-state index < -0.39 is 5.97 Å². The van der Waals surface area contributed by atoms with Crippen LogP contribution in [0.3, 0.4) is 0 Å². The summed E-state index contributed by atoms with van der Waals surface area (Å²) in [5.74, 6) is -0.754. The molecule has 0 bridgehead atoms. The van der Waals surface area contributed by atoms with Crippen LogP contribution in [0, 0.1) is 5.92 Å². The smallest absolute Gasteiger partial charge is 0.306 e. The van der Waals surface area contributed by atoms with E-state index in [0.717, 1.165) is 52.0 Å². The van der Waals surface area contributed by atoms with E-state index in [-0.39, 0.29) is 5.92 Å². The minimum absolute atomic E-state index is 0.111. The van der Waals surface area contributed by atoms with Gasteiger partial charge >= 0.3 is 5.97 Å². The number of nitrogens with one attached hydrogen (secondary N) is 1. The molecule has 1 unspecified atom stereocenters. The Hall–Kier alpha value is -0.610. The van der Waals surface area contributed by atoms with E-state index in [9.17, 15) is 4.79 Å². The van der Waals surface area contributed by atoms with Crippen molar-refractivity contribution in [2.75, 3.05) is 26.3 Å². The number of carboxylic acids is 1. The number of carbonyl (C=O) groups is 1. The van der Waals surface area contributed by atoms with Crippen LogP contribution in [0.5, 0.6) is 0 Å². The van der Waals surface area contributed by atoms with Crippen LogP contribution in [0.4, 0.5) is 0 Å².